The average molecular weight is 252 g/mol. The molecule has 0 aromatic carbocycles. The lowest BCUT2D eigenvalue weighted by Gasteiger charge is -2.02. The Morgan fingerprint density at radius 1 is 0.778 bits per heavy atom. The Balaban J connectivity index is 2.98. The van der Waals surface area contributed by atoms with Gasteiger partial charge in [0.1, 0.15) is 0 Å². The third-order valence-corrected chi connectivity index (χ3v) is 3.50. The summed E-state index contributed by atoms with van der Waals surface area (Å²) in [6.07, 6.45) is 18.2. The number of carbonyl (C=O) groups is 1. The van der Waals surface area contributed by atoms with Crippen LogP contribution in [0.25, 0.3) is 0 Å². The Kier molecular flexibility index (Phi) is 14.0. The molecule has 0 N–H and O–H groups in total. The molecule has 0 amide bonds. The second-order valence-electron chi connectivity index (χ2n) is 5.31. The van der Waals surface area contributed by atoms with Crippen LogP contribution >= 0.6 is 0 Å². The molecule has 106 valence electrons. The third-order valence-electron chi connectivity index (χ3n) is 3.50. The molecule has 0 aliphatic rings. The Morgan fingerprint density at radius 3 is 1.56 bits per heavy atom. The molecule has 1 heteroatoms. The van der Waals surface area contributed by atoms with Crippen molar-refractivity contribution in [2.24, 2.45) is 0 Å². The molecule has 0 aromatic heterocycles. The molecule has 0 aliphatic heterocycles. The predicted octanol–water partition coefficient (Wildman–Crippen LogP) is 5.83. The lowest BCUT2D eigenvalue weighted by atomic mass is 10.0. The number of hydrogen-bond acceptors (Lipinski definition) is 1. The molecule has 0 aromatic rings. The van der Waals surface area contributed by atoms with Gasteiger partial charge in [-0.2, -0.15) is 0 Å². The van der Waals surface area contributed by atoms with Crippen LogP contribution in [-0.4, -0.2) is 5.78 Å². The first-order valence-electron chi connectivity index (χ1n) is 7.96. The van der Waals surface area contributed by atoms with Gasteiger partial charge in [-0.1, -0.05) is 84.1 Å². The zero-order chi connectivity index (χ0) is 13.5. The Labute approximate surface area is 114 Å². The van der Waals surface area contributed by atoms with Crippen molar-refractivity contribution in [3.8, 4) is 0 Å². The van der Waals surface area contributed by atoms with Gasteiger partial charge in [-0.3, -0.25) is 4.79 Å². The van der Waals surface area contributed by atoms with Gasteiger partial charge in [0.05, 0.1) is 0 Å². The molecule has 0 radical (unpaired) electrons. The molecular weight excluding hydrogens is 220 g/mol. The van der Waals surface area contributed by atoms with E-state index < -0.39 is 0 Å². The molecule has 0 spiro atoms. The third kappa shape index (κ3) is 13.5. The van der Waals surface area contributed by atoms with Crippen LogP contribution in [0.15, 0.2) is 12.7 Å². The molecule has 0 saturated carbocycles. The fourth-order valence-corrected chi connectivity index (χ4v) is 2.24. The molecule has 0 bridgehead atoms. The predicted molar refractivity (Wildman–Crippen MR) is 80.9 cm³/mol. The van der Waals surface area contributed by atoms with Crippen molar-refractivity contribution in [1.82, 2.24) is 0 Å². The van der Waals surface area contributed by atoms with Crippen LogP contribution in [0.5, 0.6) is 0 Å². The largest absolute Gasteiger partial charge is 0.295 e. The number of allylic oxidation sites excluding steroid dienone is 1. The van der Waals surface area contributed by atoms with Gasteiger partial charge in [0.25, 0.3) is 0 Å². The number of rotatable bonds is 14. The summed E-state index contributed by atoms with van der Waals surface area (Å²) in [6, 6.07) is 0. The van der Waals surface area contributed by atoms with Crippen LogP contribution in [0.3, 0.4) is 0 Å². The highest BCUT2D eigenvalue weighted by Gasteiger charge is 1.96. The molecule has 0 saturated heterocycles. The van der Waals surface area contributed by atoms with E-state index in [1.165, 1.54) is 76.7 Å². The second kappa shape index (κ2) is 14.5. The molecule has 0 aliphatic carbocycles. The van der Waals surface area contributed by atoms with Crippen LogP contribution in [0.4, 0.5) is 0 Å². The minimum absolute atomic E-state index is 0.196. The fourth-order valence-electron chi connectivity index (χ4n) is 2.24. The van der Waals surface area contributed by atoms with Gasteiger partial charge in [-0.15, -0.1) is 0 Å². The maximum atomic E-state index is 11.0. The van der Waals surface area contributed by atoms with E-state index >= 15 is 0 Å². The Hall–Kier alpha value is -0.590. The lowest BCUT2D eigenvalue weighted by Crippen LogP contribution is -1.91. The van der Waals surface area contributed by atoms with Crippen LogP contribution in [0.1, 0.15) is 90.4 Å². The first-order chi connectivity index (χ1) is 8.81. The normalized spacial score (nSPS) is 10.5. The molecule has 0 unspecified atom stereocenters. The summed E-state index contributed by atoms with van der Waals surface area (Å²) in [6.45, 7) is 5.75. The minimum atomic E-state index is 0.196. The second-order valence-corrected chi connectivity index (χ2v) is 5.31. The molecule has 1 nitrogen and oxygen atoms in total. The van der Waals surface area contributed by atoms with Gasteiger partial charge in [0, 0.05) is 6.42 Å². The zero-order valence-electron chi connectivity index (χ0n) is 12.4. The van der Waals surface area contributed by atoms with Crippen LogP contribution in [0.2, 0.25) is 0 Å². The highest BCUT2D eigenvalue weighted by Crippen LogP contribution is 2.12. The number of carbonyl (C=O) groups excluding carboxylic acids is 1. The number of hydrogen-bond donors (Lipinski definition) is 0. The molecule has 0 atom stereocenters. The first kappa shape index (κ1) is 17.4. The van der Waals surface area contributed by atoms with E-state index in [-0.39, 0.29) is 5.78 Å². The first-order valence-corrected chi connectivity index (χ1v) is 7.96. The van der Waals surface area contributed by atoms with Crippen molar-refractivity contribution in [3.05, 3.63) is 12.7 Å². The van der Waals surface area contributed by atoms with Crippen molar-refractivity contribution < 1.29 is 4.79 Å². The van der Waals surface area contributed by atoms with Crippen LogP contribution in [-0.2, 0) is 4.79 Å². The smallest absolute Gasteiger partial charge is 0.155 e. The van der Waals surface area contributed by atoms with Crippen molar-refractivity contribution in [3.63, 3.8) is 0 Å². The van der Waals surface area contributed by atoms with Gasteiger partial charge in [0.15, 0.2) is 5.78 Å². The van der Waals surface area contributed by atoms with E-state index in [0.717, 1.165) is 6.42 Å². The summed E-state index contributed by atoms with van der Waals surface area (Å²) in [7, 11) is 0. The summed E-state index contributed by atoms with van der Waals surface area (Å²) >= 11 is 0. The highest BCUT2D eigenvalue weighted by molar-refractivity contribution is 5.88. The van der Waals surface area contributed by atoms with Crippen molar-refractivity contribution in [2.45, 2.75) is 90.4 Å². The van der Waals surface area contributed by atoms with Crippen LogP contribution < -0.4 is 0 Å². The molecular formula is C17H32O. The van der Waals surface area contributed by atoms with Gasteiger partial charge < -0.3 is 0 Å². The zero-order valence-corrected chi connectivity index (χ0v) is 12.4. The van der Waals surface area contributed by atoms with Gasteiger partial charge in [0.2, 0.25) is 0 Å². The summed E-state index contributed by atoms with van der Waals surface area (Å²) in [5.41, 5.74) is 0. The van der Waals surface area contributed by atoms with Crippen molar-refractivity contribution >= 4 is 5.78 Å². The Morgan fingerprint density at radius 2 is 1.17 bits per heavy atom. The SMILES string of the molecule is C=CC(=O)CCCCCCCCCCCCCC. The van der Waals surface area contributed by atoms with E-state index in [1.807, 2.05) is 0 Å². The Bertz CT molecular complexity index is 196. The molecule has 0 rings (SSSR count). The van der Waals surface area contributed by atoms with Gasteiger partial charge >= 0.3 is 0 Å². The standard InChI is InChI=1S/C17H32O/c1-3-5-6-7-8-9-10-11-12-13-14-15-16-17(18)4-2/h4H,2-3,5-16H2,1H3. The lowest BCUT2D eigenvalue weighted by molar-refractivity contribution is -0.114. The number of ketones is 1. The maximum absolute atomic E-state index is 11.0. The van der Waals surface area contributed by atoms with E-state index in [4.69, 9.17) is 0 Å². The average Bonchev–Trinajstić information content (AvgIpc) is 2.39. The van der Waals surface area contributed by atoms with E-state index in [2.05, 4.69) is 13.5 Å². The summed E-state index contributed by atoms with van der Waals surface area (Å²) in [5, 5.41) is 0. The van der Waals surface area contributed by atoms with Crippen molar-refractivity contribution in [2.75, 3.05) is 0 Å². The highest BCUT2D eigenvalue weighted by atomic mass is 16.1. The van der Waals surface area contributed by atoms with Gasteiger partial charge in [-0.05, 0) is 12.5 Å². The van der Waals surface area contributed by atoms with E-state index in [1.54, 1.807) is 0 Å². The number of unbranched alkanes of at least 4 members (excludes halogenated alkanes) is 11. The van der Waals surface area contributed by atoms with Crippen LogP contribution in [0, 0.1) is 0 Å². The van der Waals surface area contributed by atoms with E-state index in [9.17, 15) is 4.79 Å². The minimum Gasteiger partial charge on any atom is -0.295 e. The van der Waals surface area contributed by atoms with E-state index in [0.29, 0.717) is 6.42 Å². The molecule has 0 fully saturated rings. The monoisotopic (exact) mass is 252 g/mol. The molecule has 18 heavy (non-hydrogen) atoms. The van der Waals surface area contributed by atoms with Crippen molar-refractivity contribution in [1.29, 1.82) is 0 Å². The summed E-state index contributed by atoms with van der Waals surface area (Å²) in [4.78, 5) is 11.0. The van der Waals surface area contributed by atoms with Gasteiger partial charge in [-0.25, -0.2) is 0 Å². The molecule has 0 heterocycles. The summed E-state index contributed by atoms with van der Waals surface area (Å²) in [5.74, 6) is 0.196. The fraction of sp³-hybridized carbons (Fsp3) is 0.824. The quantitative estimate of drug-likeness (QED) is 0.281. The summed E-state index contributed by atoms with van der Waals surface area (Å²) < 4.78 is 0. The maximum Gasteiger partial charge on any atom is 0.155 e. The topological polar surface area (TPSA) is 17.1 Å².